The summed E-state index contributed by atoms with van der Waals surface area (Å²) in [7, 11) is 3.22. The molecule has 0 fully saturated rings. The van der Waals surface area contributed by atoms with Crippen LogP contribution in [0.1, 0.15) is 5.56 Å². The van der Waals surface area contributed by atoms with Crippen molar-refractivity contribution in [1.82, 2.24) is 9.97 Å². The Bertz CT molecular complexity index is 1100. The van der Waals surface area contributed by atoms with E-state index < -0.39 is 0 Å². The van der Waals surface area contributed by atoms with Gasteiger partial charge in [-0.25, -0.2) is 9.97 Å². The molecule has 6 nitrogen and oxygen atoms in total. The number of nitrogens with one attached hydrogen (secondary N) is 1. The van der Waals surface area contributed by atoms with Crippen LogP contribution in [0.25, 0.3) is 10.9 Å². The van der Waals surface area contributed by atoms with Gasteiger partial charge in [0.05, 0.1) is 19.7 Å². The fourth-order valence-corrected chi connectivity index (χ4v) is 3.01. The minimum Gasteiger partial charge on any atom is -0.493 e. The van der Waals surface area contributed by atoms with E-state index in [9.17, 15) is 0 Å². The lowest BCUT2D eigenvalue weighted by molar-refractivity contribution is 0.356. The normalized spacial score (nSPS) is 10.6. The first-order chi connectivity index (χ1) is 14.3. The zero-order valence-electron chi connectivity index (χ0n) is 16.3. The maximum Gasteiger partial charge on any atom is 0.162 e. The molecule has 1 aromatic heterocycles. The number of anilines is 1. The van der Waals surface area contributed by atoms with Gasteiger partial charge in [0.15, 0.2) is 11.5 Å². The molecule has 4 rings (SSSR count). The van der Waals surface area contributed by atoms with E-state index >= 15 is 0 Å². The van der Waals surface area contributed by atoms with Crippen LogP contribution in [0.3, 0.4) is 0 Å². The molecule has 0 saturated heterocycles. The van der Waals surface area contributed by atoms with Crippen LogP contribution in [0.2, 0.25) is 0 Å². The number of rotatable bonds is 7. The molecule has 1 heterocycles. The van der Waals surface area contributed by atoms with Crippen molar-refractivity contribution in [3.8, 4) is 23.0 Å². The average Bonchev–Trinajstić information content (AvgIpc) is 2.78. The molecular weight excluding hydrogens is 366 g/mol. The van der Waals surface area contributed by atoms with Crippen LogP contribution in [0.4, 0.5) is 5.82 Å². The van der Waals surface area contributed by atoms with E-state index in [1.165, 1.54) is 6.33 Å². The third-order valence-electron chi connectivity index (χ3n) is 4.50. The molecule has 29 heavy (non-hydrogen) atoms. The van der Waals surface area contributed by atoms with Crippen LogP contribution in [0.5, 0.6) is 23.0 Å². The van der Waals surface area contributed by atoms with Crippen LogP contribution >= 0.6 is 0 Å². The van der Waals surface area contributed by atoms with Crippen molar-refractivity contribution in [1.29, 1.82) is 0 Å². The van der Waals surface area contributed by atoms with Gasteiger partial charge >= 0.3 is 0 Å². The summed E-state index contributed by atoms with van der Waals surface area (Å²) >= 11 is 0. The summed E-state index contributed by atoms with van der Waals surface area (Å²) in [6.45, 7) is 0.617. The molecule has 0 atom stereocenters. The third kappa shape index (κ3) is 4.21. The lowest BCUT2D eigenvalue weighted by Crippen LogP contribution is -2.03. The number of ether oxygens (including phenoxy) is 3. The molecular formula is C23H21N3O3. The Kier molecular flexibility index (Phi) is 5.42. The molecule has 0 saturated carbocycles. The highest BCUT2D eigenvalue weighted by molar-refractivity contribution is 5.91. The van der Waals surface area contributed by atoms with E-state index in [1.54, 1.807) is 14.2 Å². The minimum absolute atomic E-state index is 0.617. The molecule has 3 aromatic carbocycles. The maximum atomic E-state index is 5.83. The van der Waals surface area contributed by atoms with Crippen molar-refractivity contribution in [2.45, 2.75) is 6.54 Å². The van der Waals surface area contributed by atoms with Gasteiger partial charge < -0.3 is 19.5 Å². The smallest absolute Gasteiger partial charge is 0.162 e. The Morgan fingerprint density at radius 1 is 0.793 bits per heavy atom. The largest absolute Gasteiger partial charge is 0.493 e. The fraction of sp³-hybridized carbons (Fsp3) is 0.130. The van der Waals surface area contributed by atoms with Gasteiger partial charge in [-0.15, -0.1) is 0 Å². The minimum atomic E-state index is 0.617. The summed E-state index contributed by atoms with van der Waals surface area (Å²) in [4.78, 5) is 8.71. The molecule has 4 aromatic rings. The van der Waals surface area contributed by atoms with Gasteiger partial charge in [0.2, 0.25) is 0 Å². The maximum absolute atomic E-state index is 5.83. The number of hydrogen-bond acceptors (Lipinski definition) is 6. The summed E-state index contributed by atoms with van der Waals surface area (Å²) < 4.78 is 16.6. The van der Waals surface area contributed by atoms with Crippen LogP contribution in [-0.4, -0.2) is 24.2 Å². The van der Waals surface area contributed by atoms with E-state index in [0.29, 0.717) is 18.0 Å². The number of para-hydroxylation sites is 1. The molecule has 0 aliphatic carbocycles. The molecule has 0 spiro atoms. The Morgan fingerprint density at radius 3 is 2.21 bits per heavy atom. The molecule has 0 unspecified atom stereocenters. The average molecular weight is 387 g/mol. The van der Waals surface area contributed by atoms with Gasteiger partial charge in [-0.2, -0.15) is 0 Å². The van der Waals surface area contributed by atoms with Crippen LogP contribution < -0.4 is 19.5 Å². The summed E-state index contributed by atoms with van der Waals surface area (Å²) in [6, 6.07) is 21.4. The highest BCUT2D eigenvalue weighted by Gasteiger charge is 2.10. The summed E-state index contributed by atoms with van der Waals surface area (Å²) in [5, 5.41) is 4.24. The molecule has 6 heteroatoms. The van der Waals surface area contributed by atoms with E-state index in [4.69, 9.17) is 14.2 Å². The van der Waals surface area contributed by atoms with Crippen molar-refractivity contribution in [3.63, 3.8) is 0 Å². The van der Waals surface area contributed by atoms with Gasteiger partial charge in [-0.05, 0) is 35.9 Å². The molecule has 0 aliphatic heterocycles. The second-order valence-corrected chi connectivity index (χ2v) is 6.36. The molecule has 146 valence electrons. The standard InChI is InChI=1S/C23H21N3O3/c1-27-21-12-19-20(13-22(21)28-2)25-15-26-23(19)24-14-16-8-10-18(11-9-16)29-17-6-4-3-5-7-17/h3-13,15H,14H2,1-2H3,(H,24,25,26). The zero-order chi connectivity index (χ0) is 20.1. The van der Waals surface area contributed by atoms with Crippen LogP contribution in [0, 0.1) is 0 Å². The summed E-state index contributed by atoms with van der Waals surface area (Å²) in [5.41, 5.74) is 1.89. The number of aromatic nitrogens is 2. The predicted molar refractivity (Wildman–Crippen MR) is 113 cm³/mol. The lowest BCUT2D eigenvalue weighted by Gasteiger charge is -2.12. The van der Waals surface area contributed by atoms with Gasteiger partial charge in [-0.1, -0.05) is 30.3 Å². The number of fused-ring (bicyclic) bond motifs is 1. The van der Waals surface area contributed by atoms with Crippen molar-refractivity contribution in [3.05, 3.63) is 78.6 Å². The highest BCUT2D eigenvalue weighted by atomic mass is 16.5. The first-order valence-electron chi connectivity index (χ1n) is 9.19. The second kappa shape index (κ2) is 8.48. The van der Waals surface area contributed by atoms with Crippen molar-refractivity contribution in [2.75, 3.05) is 19.5 Å². The number of benzene rings is 3. The van der Waals surface area contributed by atoms with E-state index in [0.717, 1.165) is 33.8 Å². The SMILES string of the molecule is COc1cc2ncnc(NCc3ccc(Oc4ccccc4)cc3)c2cc1OC. The monoisotopic (exact) mass is 387 g/mol. The van der Waals surface area contributed by atoms with Gasteiger partial charge in [0.1, 0.15) is 23.6 Å². The van der Waals surface area contributed by atoms with Gasteiger partial charge in [0, 0.05) is 18.0 Å². The predicted octanol–water partition coefficient (Wildman–Crippen LogP) is 5.05. The topological polar surface area (TPSA) is 65.5 Å². The van der Waals surface area contributed by atoms with Crippen molar-refractivity contribution < 1.29 is 14.2 Å². The fourth-order valence-electron chi connectivity index (χ4n) is 3.01. The van der Waals surface area contributed by atoms with Crippen molar-refractivity contribution >= 4 is 16.7 Å². The zero-order valence-corrected chi connectivity index (χ0v) is 16.3. The van der Waals surface area contributed by atoms with Crippen LogP contribution in [0.15, 0.2) is 73.1 Å². The summed E-state index contributed by atoms with van der Waals surface area (Å²) in [5.74, 6) is 3.62. The number of hydrogen-bond donors (Lipinski definition) is 1. The highest BCUT2D eigenvalue weighted by Crippen LogP contribution is 2.33. The molecule has 0 amide bonds. The molecule has 1 N–H and O–H groups in total. The second-order valence-electron chi connectivity index (χ2n) is 6.36. The quantitative estimate of drug-likeness (QED) is 0.479. The van der Waals surface area contributed by atoms with Crippen LogP contribution in [-0.2, 0) is 6.54 Å². The number of nitrogens with zero attached hydrogens (tertiary/aromatic N) is 2. The first-order valence-corrected chi connectivity index (χ1v) is 9.19. The Labute approximate surface area is 169 Å². The molecule has 0 aliphatic rings. The Balaban J connectivity index is 1.49. The van der Waals surface area contributed by atoms with E-state index in [2.05, 4.69) is 15.3 Å². The van der Waals surface area contributed by atoms with Gasteiger partial charge in [0.25, 0.3) is 0 Å². The first kappa shape index (κ1) is 18.6. The van der Waals surface area contributed by atoms with E-state index in [-0.39, 0.29) is 0 Å². The number of methoxy groups -OCH3 is 2. The molecule has 0 radical (unpaired) electrons. The van der Waals surface area contributed by atoms with Gasteiger partial charge in [-0.3, -0.25) is 0 Å². The Hall–Kier alpha value is -3.80. The summed E-state index contributed by atoms with van der Waals surface area (Å²) in [6.07, 6.45) is 1.54. The Morgan fingerprint density at radius 2 is 1.48 bits per heavy atom. The third-order valence-corrected chi connectivity index (χ3v) is 4.50. The van der Waals surface area contributed by atoms with Crippen molar-refractivity contribution in [2.24, 2.45) is 0 Å². The van der Waals surface area contributed by atoms with E-state index in [1.807, 2.05) is 66.7 Å². The lowest BCUT2D eigenvalue weighted by atomic mass is 10.2. The molecule has 0 bridgehead atoms.